The zero-order valence-electron chi connectivity index (χ0n) is 4.42. The number of nitrogens with zero attached hydrogens (tertiary/aromatic N) is 1. The Labute approximate surface area is 46.7 Å². The molecule has 0 bridgehead atoms. The van der Waals surface area contributed by atoms with Gasteiger partial charge >= 0.3 is 0 Å². The van der Waals surface area contributed by atoms with Gasteiger partial charge in [-0.25, -0.2) is 0 Å². The first-order chi connectivity index (χ1) is 3.81. The summed E-state index contributed by atoms with van der Waals surface area (Å²) < 4.78 is 4.32. The molecule has 1 N–H and O–H groups in total. The van der Waals surface area contributed by atoms with Crippen molar-refractivity contribution >= 4 is 18.5 Å². The zero-order valence-corrected chi connectivity index (χ0v) is 4.42. The summed E-state index contributed by atoms with van der Waals surface area (Å²) in [6.07, 6.45) is 1.35. The summed E-state index contributed by atoms with van der Waals surface area (Å²) in [4.78, 5) is 12.8. The minimum Gasteiger partial charge on any atom is -0.486 e. The van der Waals surface area contributed by atoms with Crippen molar-refractivity contribution in [2.75, 3.05) is 7.11 Å². The number of rotatable bonds is 2. The van der Waals surface area contributed by atoms with Gasteiger partial charge in [-0.3, -0.25) is 10.2 Å². The van der Waals surface area contributed by atoms with Crippen molar-refractivity contribution in [2.45, 2.75) is 0 Å². The average molecular weight is 114 g/mol. The fraction of sp³-hybridized carbons (Fsp3) is 0.250. The molecule has 0 spiro atoms. The molecule has 0 unspecified atom stereocenters. The number of carbonyl (C=O) groups is 1. The number of hydrogen-bond acceptors (Lipinski definition) is 3. The molecule has 0 aromatic heterocycles. The van der Waals surface area contributed by atoms with Gasteiger partial charge in [-0.1, -0.05) is 0 Å². The molecule has 0 aromatic rings. The largest absolute Gasteiger partial charge is 0.486 e. The quantitative estimate of drug-likeness (QED) is 0.308. The molecular formula is C4H6N2O2. The van der Waals surface area contributed by atoms with Gasteiger partial charge in [0.25, 0.3) is 0 Å². The average Bonchev–Trinajstić information content (AvgIpc) is 1.83. The summed E-state index contributed by atoms with van der Waals surface area (Å²) >= 11 is 0. The number of ether oxygens (including phenoxy) is 1. The van der Waals surface area contributed by atoms with E-state index in [1.165, 1.54) is 7.11 Å². The Kier molecular flexibility index (Phi) is 3.39. The van der Waals surface area contributed by atoms with Gasteiger partial charge in [0.05, 0.1) is 7.11 Å². The number of nitrogens with one attached hydrogen (secondary N) is 1. The number of aldehydes is 1. The molecule has 8 heavy (non-hydrogen) atoms. The topological polar surface area (TPSA) is 62.5 Å². The molecule has 0 heterocycles. The van der Waals surface area contributed by atoms with E-state index in [0.29, 0.717) is 6.29 Å². The van der Waals surface area contributed by atoms with E-state index in [-0.39, 0.29) is 5.84 Å². The summed E-state index contributed by atoms with van der Waals surface area (Å²) in [5.74, 6) is -0.341. The second kappa shape index (κ2) is 3.98. The smallest absolute Gasteiger partial charge is 0.188 e. The monoisotopic (exact) mass is 114 g/mol. The summed E-state index contributed by atoms with van der Waals surface area (Å²) in [7, 11) is 1.39. The highest BCUT2D eigenvalue weighted by Gasteiger charge is 1.81. The molecule has 0 rings (SSSR count). The van der Waals surface area contributed by atoms with E-state index in [2.05, 4.69) is 9.73 Å². The Balaban J connectivity index is 3.52. The first-order valence-corrected chi connectivity index (χ1v) is 1.90. The molecule has 0 amide bonds. The van der Waals surface area contributed by atoms with Crippen LogP contribution < -0.4 is 0 Å². The van der Waals surface area contributed by atoms with Gasteiger partial charge in [-0.15, -0.1) is 0 Å². The van der Waals surface area contributed by atoms with E-state index in [1.54, 1.807) is 0 Å². The van der Waals surface area contributed by atoms with Crippen LogP contribution in [0.5, 0.6) is 0 Å². The molecule has 0 aliphatic carbocycles. The fourth-order valence-corrected chi connectivity index (χ4v) is 0.140. The Morgan fingerprint density at radius 2 is 2.50 bits per heavy atom. The van der Waals surface area contributed by atoms with Gasteiger partial charge < -0.3 is 4.74 Å². The van der Waals surface area contributed by atoms with Crippen molar-refractivity contribution < 1.29 is 9.53 Å². The highest BCUT2D eigenvalue weighted by Crippen LogP contribution is 1.65. The van der Waals surface area contributed by atoms with Crippen molar-refractivity contribution in [1.29, 1.82) is 5.41 Å². The lowest BCUT2D eigenvalue weighted by atomic mass is 10.7. The van der Waals surface area contributed by atoms with E-state index >= 15 is 0 Å². The Bertz CT molecular complexity index is 119. The first-order valence-electron chi connectivity index (χ1n) is 1.90. The molecule has 0 aliphatic heterocycles. The van der Waals surface area contributed by atoms with Gasteiger partial charge in [0.15, 0.2) is 18.5 Å². The van der Waals surface area contributed by atoms with Crippen molar-refractivity contribution in [3.63, 3.8) is 0 Å². The highest BCUT2D eigenvalue weighted by molar-refractivity contribution is 6.27. The predicted octanol–water partition coefficient (Wildman–Crippen LogP) is -0.163. The molecule has 0 saturated heterocycles. The Morgan fingerprint density at radius 3 is 2.88 bits per heavy atom. The van der Waals surface area contributed by atoms with E-state index in [1.807, 2.05) is 0 Å². The molecule has 0 atom stereocenters. The zero-order chi connectivity index (χ0) is 6.41. The summed E-state index contributed by atoms with van der Waals surface area (Å²) in [6.45, 7) is 0. The van der Waals surface area contributed by atoms with Gasteiger partial charge in [0.1, 0.15) is 0 Å². The van der Waals surface area contributed by atoms with Crippen LogP contribution in [0.3, 0.4) is 0 Å². The van der Waals surface area contributed by atoms with Crippen LogP contribution in [-0.4, -0.2) is 25.6 Å². The van der Waals surface area contributed by atoms with Gasteiger partial charge in [-0.2, -0.15) is 4.99 Å². The summed E-state index contributed by atoms with van der Waals surface area (Å²) in [5, 5.41) is 6.59. The van der Waals surface area contributed by atoms with Crippen LogP contribution in [0.2, 0.25) is 0 Å². The molecule has 0 aliphatic rings. The van der Waals surface area contributed by atoms with Crippen LogP contribution in [0, 0.1) is 5.41 Å². The fourth-order valence-electron chi connectivity index (χ4n) is 0.140. The van der Waals surface area contributed by atoms with Crippen molar-refractivity contribution in [3.05, 3.63) is 0 Å². The molecule has 0 radical (unpaired) electrons. The molecule has 0 saturated carbocycles. The number of hydrogen-bond donors (Lipinski definition) is 1. The van der Waals surface area contributed by atoms with Crippen LogP contribution in [0.1, 0.15) is 0 Å². The summed E-state index contributed by atoms with van der Waals surface area (Å²) in [6, 6.07) is 0. The van der Waals surface area contributed by atoms with Crippen LogP contribution in [0.15, 0.2) is 4.99 Å². The van der Waals surface area contributed by atoms with Crippen molar-refractivity contribution in [3.8, 4) is 0 Å². The maximum atomic E-state index is 9.62. The second-order valence-corrected chi connectivity index (χ2v) is 0.973. The number of amidine groups is 1. The maximum absolute atomic E-state index is 9.62. The van der Waals surface area contributed by atoms with E-state index < -0.39 is 0 Å². The number of aliphatic imine (C=N–C) groups is 1. The Hall–Kier alpha value is -1.19. The number of methoxy groups -OCH3 is 1. The third kappa shape index (κ3) is 3.02. The molecular weight excluding hydrogens is 108 g/mol. The van der Waals surface area contributed by atoms with Crippen LogP contribution in [0.25, 0.3) is 0 Å². The predicted molar refractivity (Wildman–Crippen MR) is 29.3 cm³/mol. The second-order valence-electron chi connectivity index (χ2n) is 0.973. The minimum absolute atomic E-state index is 0.329. The van der Waals surface area contributed by atoms with E-state index in [9.17, 15) is 4.79 Å². The van der Waals surface area contributed by atoms with Gasteiger partial charge in [0, 0.05) is 0 Å². The SMILES string of the molecule is COC=NC(=N)C=O. The van der Waals surface area contributed by atoms with Crippen LogP contribution in [-0.2, 0) is 9.53 Å². The van der Waals surface area contributed by atoms with E-state index in [4.69, 9.17) is 5.41 Å². The number of carbonyl (C=O) groups excluding carboxylic acids is 1. The normalized spacial score (nSPS) is 9.12. The lowest BCUT2D eigenvalue weighted by Crippen LogP contribution is -1.92. The molecule has 4 nitrogen and oxygen atoms in total. The van der Waals surface area contributed by atoms with Gasteiger partial charge in [0.2, 0.25) is 0 Å². The molecule has 4 heteroatoms. The standard InChI is InChI=1S/C4H6N2O2/c1-8-3-6-4(5)2-7/h2-3,5H,1H3. The molecule has 0 aromatic carbocycles. The van der Waals surface area contributed by atoms with Gasteiger partial charge in [-0.05, 0) is 0 Å². The Morgan fingerprint density at radius 1 is 1.88 bits per heavy atom. The lowest BCUT2D eigenvalue weighted by molar-refractivity contribution is -0.102. The molecule has 0 fully saturated rings. The minimum atomic E-state index is -0.341. The highest BCUT2D eigenvalue weighted by atomic mass is 16.5. The van der Waals surface area contributed by atoms with Crippen LogP contribution in [0.4, 0.5) is 0 Å². The third-order valence-corrected chi connectivity index (χ3v) is 0.409. The lowest BCUT2D eigenvalue weighted by Gasteiger charge is -1.81. The maximum Gasteiger partial charge on any atom is 0.188 e. The first kappa shape index (κ1) is 6.81. The molecule has 44 valence electrons. The third-order valence-electron chi connectivity index (χ3n) is 0.409. The van der Waals surface area contributed by atoms with Crippen molar-refractivity contribution in [1.82, 2.24) is 0 Å². The van der Waals surface area contributed by atoms with E-state index in [0.717, 1.165) is 6.40 Å². The van der Waals surface area contributed by atoms with Crippen molar-refractivity contribution in [2.24, 2.45) is 4.99 Å². The summed E-state index contributed by atoms with van der Waals surface area (Å²) in [5.41, 5.74) is 0. The van der Waals surface area contributed by atoms with Crippen LogP contribution >= 0.6 is 0 Å².